The third kappa shape index (κ3) is 2.70. The fourth-order valence-corrected chi connectivity index (χ4v) is 2.70. The summed E-state index contributed by atoms with van der Waals surface area (Å²) >= 11 is 1.51. The van der Waals surface area contributed by atoms with Crippen molar-refractivity contribution in [3.8, 4) is 6.07 Å². The minimum atomic E-state index is -0.670. The second-order valence-electron chi connectivity index (χ2n) is 4.44. The molecule has 0 aliphatic heterocycles. The summed E-state index contributed by atoms with van der Waals surface area (Å²) in [7, 11) is 0. The molecule has 0 aliphatic rings. The van der Waals surface area contributed by atoms with Crippen LogP contribution in [0, 0.1) is 11.3 Å². The molecule has 0 fully saturated rings. The first-order valence-corrected chi connectivity index (χ1v) is 7.01. The molecule has 2 aromatic heterocycles. The number of H-pyrrole nitrogens is 2. The number of benzene rings is 1. The Hall–Kier alpha value is -2.85. The summed E-state index contributed by atoms with van der Waals surface area (Å²) in [6.07, 6.45) is 0. The van der Waals surface area contributed by atoms with E-state index in [9.17, 15) is 9.59 Å². The molecular formula is C14H10N4O2S. The lowest BCUT2D eigenvalue weighted by Crippen LogP contribution is -2.28. The van der Waals surface area contributed by atoms with Gasteiger partial charge in [-0.3, -0.25) is 9.59 Å². The fourth-order valence-electron chi connectivity index (χ4n) is 1.95. The predicted molar refractivity (Wildman–Crippen MR) is 81.6 cm³/mol. The van der Waals surface area contributed by atoms with E-state index >= 15 is 0 Å². The van der Waals surface area contributed by atoms with Crippen LogP contribution in [0.15, 0.2) is 39.2 Å². The third-order valence-electron chi connectivity index (χ3n) is 2.97. The maximum atomic E-state index is 11.3. The Morgan fingerprint density at radius 3 is 2.62 bits per heavy atom. The zero-order chi connectivity index (χ0) is 14.8. The molecule has 0 unspecified atom stereocenters. The third-order valence-corrected chi connectivity index (χ3v) is 3.91. The van der Waals surface area contributed by atoms with Crippen molar-refractivity contribution in [1.82, 2.24) is 9.97 Å². The molecule has 0 saturated heterocycles. The number of hydrogen-bond donors (Lipinski definition) is 3. The summed E-state index contributed by atoms with van der Waals surface area (Å²) in [6.45, 7) is 0.589. The standard InChI is InChI=1S/C14H10N4O2S/c15-5-8-3-10(21-7-8)6-16-9-1-2-11-12(4-9)18-14(20)13(19)17-11/h1-4,7,16H,6H2,(H,17,19)(H,18,20). The van der Waals surface area contributed by atoms with Gasteiger partial charge in [0, 0.05) is 22.5 Å². The lowest BCUT2D eigenvalue weighted by molar-refractivity contribution is 1.14. The highest BCUT2D eigenvalue weighted by molar-refractivity contribution is 7.10. The lowest BCUT2D eigenvalue weighted by atomic mass is 10.2. The number of anilines is 1. The average Bonchev–Trinajstić information content (AvgIpc) is 2.94. The molecule has 0 bridgehead atoms. The second-order valence-corrected chi connectivity index (χ2v) is 5.43. The first-order chi connectivity index (χ1) is 10.2. The van der Waals surface area contributed by atoms with E-state index in [0.29, 0.717) is 23.1 Å². The van der Waals surface area contributed by atoms with Gasteiger partial charge in [-0.05, 0) is 24.3 Å². The van der Waals surface area contributed by atoms with Crippen LogP contribution in [0.25, 0.3) is 11.0 Å². The maximum absolute atomic E-state index is 11.3. The van der Waals surface area contributed by atoms with Gasteiger partial charge in [0.1, 0.15) is 6.07 Å². The minimum Gasteiger partial charge on any atom is -0.380 e. The Bertz CT molecular complexity index is 961. The van der Waals surface area contributed by atoms with Crippen LogP contribution in [0.3, 0.4) is 0 Å². The Morgan fingerprint density at radius 1 is 1.14 bits per heavy atom. The molecule has 0 aliphatic carbocycles. The monoisotopic (exact) mass is 298 g/mol. The zero-order valence-corrected chi connectivity index (χ0v) is 11.6. The van der Waals surface area contributed by atoms with Crippen molar-refractivity contribution in [1.29, 1.82) is 5.26 Å². The van der Waals surface area contributed by atoms with Gasteiger partial charge in [-0.2, -0.15) is 5.26 Å². The van der Waals surface area contributed by atoms with Gasteiger partial charge in [0.2, 0.25) is 0 Å². The molecule has 0 amide bonds. The maximum Gasteiger partial charge on any atom is 0.314 e. The number of nitrogens with zero attached hydrogens (tertiary/aromatic N) is 1. The van der Waals surface area contributed by atoms with Gasteiger partial charge in [0.15, 0.2) is 0 Å². The molecule has 0 spiro atoms. The van der Waals surface area contributed by atoms with Crippen molar-refractivity contribution in [3.63, 3.8) is 0 Å². The van der Waals surface area contributed by atoms with Crippen LogP contribution < -0.4 is 16.4 Å². The van der Waals surface area contributed by atoms with E-state index in [2.05, 4.69) is 21.4 Å². The van der Waals surface area contributed by atoms with E-state index in [4.69, 9.17) is 5.26 Å². The number of aromatic amines is 2. The Morgan fingerprint density at radius 2 is 1.90 bits per heavy atom. The molecular weight excluding hydrogens is 288 g/mol. The molecule has 21 heavy (non-hydrogen) atoms. The van der Waals surface area contributed by atoms with E-state index < -0.39 is 11.1 Å². The molecule has 0 atom stereocenters. The largest absolute Gasteiger partial charge is 0.380 e. The van der Waals surface area contributed by atoms with Crippen molar-refractivity contribution < 1.29 is 0 Å². The van der Waals surface area contributed by atoms with Crippen LogP contribution in [0.2, 0.25) is 0 Å². The van der Waals surface area contributed by atoms with Gasteiger partial charge < -0.3 is 15.3 Å². The number of nitrogens with one attached hydrogen (secondary N) is 3. The fraction of sp³-hybridized carbons (Fsp3) is 0.0714. The molecule has 7 heteroatoms. The number of nitriles is 1. The number of rotatable bonds is 3. The summed E-state index contributed by atoms with van der Waals surface area (Å²) in [5, 5.41) is 13.8. The van der Waals surface area contributed by atoms with Crippen LogP contribution in [0.1, 0.15) is 10.4 Å². The molecule has 1 aromatic carbocycles. The van der Waals surface area contributed by atoms with Crippen LogP contribution in [0.4, 0.5) is 5.69 Å². The summed E-state index contributed by atoms with van der Waals surface area (Å²) in [5.41, 5.74) is 1.28. The van der Waals surface area contributed by atoms with Crippen LogP contribution in [-0.4, -0.2) is 9.97 Å². The normalized spacial score (nSPS) is 10.4. The van der Waals surface area contributed by atoms with E-state index in [0.717, 1.165) is 10.6 Å². The van der Waals surface area contributed by atoms with Gasteiger partial charge in [-0.25, -0.2) is 0 Å². The van der Waals surface area contributed by atoms with E-state index in [1.807, 2.05) is 12.1 Å². The molecule has 6 nitrogen and oxygen atoms in total. The highest BCUT2D eigenvalue weighted by Gasteiger charge is 2.02. The molecule has 3 N–H and O–H groups in total. The van der Waals surface area contributed by atoms with Crippen molar-refractivity contribution in [2.45, 2.75) is 6.54 Å². The van der Waals surface area contributed by atoms with E-state index in [1.165, 1.54) is 11.3 Å². The van der Waals surface area contributed by atoms with Crippen LogP contribution in [-0.2, 0) is 6.54 Å². The molecule has 0 saturated carbocycles. The topological polar surface area (TPSA) is 102 Å². The molecule has 3 aromatic rings. The smallest absolute Gasteiger partial charge is 0.314 e. The van der Waals surface area contributed by atoms with Crippen molar-refractivity contribution >= 4 is 28.1 Å². The van der Waals surface area contributed by atoms with E-state index in [1.54, 1.807) is 17.5 Å². The van der Waals surface area contributed by atoms with Gasteiger partial charge in [0.25, 0.3) is 0 Å². The Balaban J connectivity index is 1.84. The number of hydrogen-bond acceptors (Lipinski definition) is 5. The van der Waals surface area contributed by atoms with Gasteiger partial charge in [-0.15, -0.1) is 11.3 Å². The SMILES string of the molecule is N#Cc1csc(CNc2ccc3[nH]c(=O)c(=O)[nH]c3c2)c1. The van der Waals surface area contributed by atoms with Gasteiger partial charge in [-0.1, -0.05) is 0 Å². The van der Waals surface area contributed by atoms with Crippen LogP contribution in [0.5, 0.6) is 0 Å². The first-order valence-electron chi connectivity index (χ1n) is 6.13. The number of fused-ring (bicyclic) bond motifs is 1. The van der Waals surface area contributed by atoms with Crippen LogP contribution >= 0.6 is 11.3 Å². The second kappa shape index (κ2) is 5.26. The van der Waals surface area contributed by atoms with E-state index in [-0.39, 0.29) is 0 Å². The van der Waals surface area contributed by atoms with Gasteiger partial charge >= 0.3 is 11.1 Å². The van der Waals surface area contributed by atoms with Crippen molar-refractivity contribution in [3.05, 3.63) is 60.8 Å². The molecule has 3 rings (SSSR count). The summed E-state index contributed by atoms with van der Waals surface area (Å²) in [6, 6.07) is 9.22. The summed E-state index contributed by atoms with van der Waals surface area (Å²) in [5.74, 6) is 0. The Kier molecular flexibility index (Phi) is 3.30. The molecule has 0 radical (unpaired) electrons. The van der Waals surface area contributed by atoms with Crippen molar-refractivity contribution in [2.24, 2.45) is 0 Å². The zero-order valence-electron chi connectivity index (χ0n) is 10.8. The summed E-state index contributed by atoms with van der Waals surface area (Å²) in [4.78, 5) is 28.6. The number of thiophene rings is 1. The molecule has 104 valence electrons. The van der Waals surface area contributed by atoms with Crippen molar-refractivity contribution in [2.75, 3.05) is 5.32 Å². The number of aromatic nitrogens is 2. The minimum absolute atomic E-state index is 0.563. The quantitative estimate of drug-likeness (QED) is 0.641. The lowest BCUT2D eigenvalue weighted by Gasteiger charge is -2.06. The average molecular weight is 298 g/mol. The molecule has 2 heterocycles. The predicted octanol–water partition coefficient (Wildman–Crippen LogP) is 1.76. The summed E-state index contributed by atoms with van der Waals surface area (Å²) < 4.78 is 0. The van der Waals surface area contributed by atoms with Gasteiger partial charge in [0.05, 0.1) is 16.6 Å². The highest BCUT2D eigenvalue weighted by Crippen LogP contribution is 2.18. The highest BCUT2D eigenvalue weighted by atomic mass is 32.1. The first kappa shape index (κ1) is 13.1. The Labute approximate surface area is 122 Å².